The fourth-order valence-electron chi connectivity index (χ4n) is 3.45. The van der Waals surface area contributed by atoms with Gasteiger partial charge in [0.05, 0.1) is 11.5 Å². The highest BCUT2D eigenvalue weighted by atomic mass is 32.2. The monoisotopic (exact) mass is 359 g/mol. The predicted molar refractivity (Wildman–Crippen MR) is 90.4 cm³/mol. The summed E-state index contributed by atoms with van der Waals surface area (Å²) in [6, 6.07) is 0.669. The molecule has 2 saturated heterocycles. The van der Waals surface area contributed by atoms with E-state index in [-0.39, 0.29) is 11.7 Å². The molecule has 0 radical (unpaired) electrons. The molecule has 0 spiro atoms. The Kier molecular flexibility index (Phi) is 5.64. The minimum Gasteiger partial charge on any atom is -0.416 e. The second-order valence-corrected chi connectivity index (χ2v) is 9.98. The number of piperidine rings is 1. The first kappa shape index (κ1) is 17.2. The van der Waals surface area contributed by atoms with Crippen LogP contribution in [0.1, 0.15) is 38.0 Å². The molecule has 2 fully saturated rings. The van der Waals surface area contributed by atoms with Gasteiger partial charge >= 0.3 is 0 Å². The minimum atomic E-state index is -2.84. The smallest absolute Gasteiger partial charge is 0.276 e. The molecule has 0 saturated carbocycles. The molecule has 2 atom stereocenters. The molecule has 0 aliphatic carbocycles. The van der Waals surface area contributed by atoms with Crippen molar-refractivity contribution in [2.45, 2.75) is 49.8 Å². The lowest BCUT2D eigenvalue weighted by Crippen LogP contribution is -2.36. The molecule has 2 aliphatic rings. The van der Waals surface area contributed by atoms with E-state index in [2.05, 4.69) is 22.1 Å². The normalized spacial score (nSPS) is 28.2. The summed E-state index contributed by atoms with van der Waals surface area (Å²) in [5, 5.41) is 8.76. The van der Waals surface area contributed by atoms with E-state index in [1.807, 2.05) is 0 Å². The van der Waals surface area contributed by atoms with Gasteiger partial charge in [-0.15, -0.1) is 10.2 Å². The Balaban J connectivity index is 1.42. The van der Waals surface area contributed by atoms with Crippen molar-refractivity contribution in [3.05, 3.63) is 5.89 Å². The summed E-state index contributed by atoms with van der Waals surface area (Å²) in [5.74, 6) is 2.24. The maximum absolute atomic E-state index is 11.5. The van der Waals surface area contributed by atoms with E-state index in [0.29, 0.717) is 35.7 Å². The average Bonchev–Trinajstić information content (AvgIpc) is 3.08. The largest absolute Gasteiger partial charge is 0.416 e. The van der Waals surface area contributed by atoms with E-state index < -0.39 is 9.84 Å². The molecular weight excluding hydrogens is 334 g/mol. The quantitative estimate of drug-likeness (QED) is 0.719. The lowest BCUT2D eigenvalue weighted by molar-refractivity contribution is 0.182. The second kappa shape index (κ2) is 7.53. The molecule has 1 aromatic heterocycles. The van der Waals surface area contributed by atoms with Crippen LogP contribution < -0.4 is 0 Å². The predicted octanol–water partition coefficient (Wildman–Crippen LogP) is 2.01. The topological polar surface area (TPSA) is 76.3 Å². The first-order valence-corrected chi connectivity index (χ1v) is 11.2. The van der Waals surface area contributed by atoms with Crippen LogP contribution in [0.2, 0.25) is 0 Å². The number of hydrogen-bond acceptors (Lipinski definition) is 7. The van der Waals surface area contributed by atoms with Crippen molar-refractivity contribution in [2.24, 2.45) is 5.92 Å². The van der Waals surface area contributed by atoms with Crippen molar-refractivity contribution in [1.29, 1.82) is 0 Å². The van der Waals surface area contributed by atoms with Gasteiger partial charge in [-0.2, -0.15) is 0 Å². The zero-order chi connectivity index (χ0) is 16.3. The summed E-state index contributed by atoms with van der Waals surface area (Å²) in [6.07, 6.45) is 6.35. The maximum Gasteiger partial charge on any atom is 0.276 e. The number of nitrogens with zero attached hydrogens (tertiary/aromatic N) is 3. The Morgan fingerprint density at radius 1 is 1.30 bits per heavy atom. The Labute approximate surface area is 142 Å². The fourth-order valence-corrected chi connectivity index (χ4v) is 6.13. The van der Waals surface area contributed by atoms with Crippen molar-refractivity contribution in [2.75, 3.05) is 30.9 Å². The van der Waals surface area contributed by atoms with E-state index in [4.69, 9.17) is 4.42 Å². The highest BCUT2D eigenvalue weighted by molar-refractivity contribution is 7.99. The molecule has 0 bridgehead atoms. The van der Waals surface area contributed by atoms with Gasteiger partial charge < -0.3 is 9.32 Å². The molecule has 8 heteroatoms. The lowest BCUT2D eigenvalue weighted by atomic mass is 10.0. The van der Waals surface area contributed by atoms with Gasteiger partial charge in [-0.3, -0.25) is 0 Å². The van der Waals surface area contributed by atoms with Gasteiger partial charge in [0.15, 0.2) is 9.84 Å². The van der Waals surface area contributed by atoms with Gasteiger partial charge in [0.2, 0.25) is 5.89 Å². The van der Waals surface area contributed by atoms with Crippen LogP contribution in [-0.2, 0) is 16.3 Å². The summed E-state index contributed by atoms with van der Waals surface area (Å²) >= 11 is 1.61. The Morgan fingerprint density at radius 2 is 2.17 bits per heavy atom. The van der Waals surface area contributed by atoms with Crippen molar-refractivity contribution in [3.8, 4) is 0 Å². The van der Waals surface area contributed by atoms with Gasteiger partial charge in [-0.1, -0.05) is 18.2 Å². The Morgan fingerprint density at radius 3 is 2.91 bits per heavy atom. The molecule has 3 heterocycles. The Bertz CT molecular complexity index is 617. The maximum atomic E-state index is 11.5. The van der Waals surface area contributed by atoms with E-state index >= 15 is 0 Å². The molecule has 1 aromatic rings. The van der Waals surface area contributed by atoms with Crippen molar-refractivity contribution in [3.63, 3.8) is 0 Å². The van der Waals surface area contributed by atoms with Crippen LogP contribution >= 0.6 is 11.8 Å². The SMILES string of the molecule is CN1CCCC[C@H]1CCSc1nnc(C[C@@H]2CCS(=O)(=O)C2)o1. The molecule has 0 N–H and O–H groups in total. The second-order valence-electron chi connectivity index (χ2n) is 6.70. The van der Waals surface area contributed by atoms with Crippen LogP contribution in [0.15, 0.2) is 9.64 Å². The number of hydrogen-bond donors (Lipinski definition) is 0. The van der Waals surface area contributed by atoms with Crippen LogP contribution in [0.25, 0.3) is 0 Å². The number of aromatic nitrogens is 2. The summed E-state index contributed by atoms with van der Waals surface area (Å²) in [4.78, 5) is 2.45. The highest BCUT2D eigenvalue weighted by Gasteiger charge is 2.29. The molecule has 23 heavy (non-hydrogen) atoms. The number of thioether (sulfide) groups is 1. The van der Waals surface area contributed by atoms with Crippen LogP contribution in [0, 0.1) is 5.92 Å². The molecule has 0 aromatic carbocycles. The van der Waals surface area contributed by atoms with E-state index in [0.717, 1.165) is 12.2 Å². The molecule has 3 rings (SSSR count). The third-order valence-electron chi connectivity index (χ3n) is 4.84. The Hall–Kier alpha value is -0.600. The molecule has 6 nitrogen and oxygen atoms in total. The molecule has 130 valence electrons. The number of likely N-dealkylation sites (tertiary alicyclic amines) is 1. The van der Waals surface area contributed by atoms with Gasteiger partial charge in [0, 0.05) is 18.2 Å². The van der Waals surface area contributed by atoms with Crippen LogP contribution in [0.5, 0.6) is 0 Å². The number of sulfone groups is 1. The van der Waals surface area contributed by atoms with Crippen LogP contribution in [0.3, 0.4) is 0 Å². The minimum absolute atomic E-state index is 0.134. The van der Waals surface area contributed by atoms with Gasteiger partial charge in [0.1, 0.15) is 0 Å². The molecule has 2 aliphatic heterocycles. The number of rotatable bonds is 6. The zero-order valence-corrected chi connectivity index (χ0v) is 15.2. The van der Waals surface area contributed by atoms with Crippen LogP contribution in [-0.4, -0.2) is 60.4 Å². The average molecular weight is 360 g/mol. The third-order valence-corrected chi connectivity index (χ3v) is 7.53. The van der Waals surface area contributed by atoms with Crippen molar-refractivity contribution >= 4 is 21.6 Å². The first-order valence-electron chi connectivity index (χ1n) is 8.38. The summed E-state index contributed by atoms with van der Waals surface area (Å²) in [6.45, 7) is 1.20. The third kappa shape index (κ3) is 4.93. The molecular formula is C15H25N3O3S2. The van der Waals surface area contributed by atoms with E-state index in [1.54, 1.807) is 11.8 Å². The van der Waals surface area contributed by atoms with Crippen molar-refractivity contribution in [1.82, 2.24) is 15.1 Å². The van der Waals surface area contributed by atoms with Gasteiger partial charge in [-0.25, -0.2) is 8.42 Å². The van der Waals surface area contributed by atoms with Crippen LogP contribution in [0.4, 0.5) is 0 Å². The van der Waals surface area contributed by atoms with Gasteiger partial charge in [0.25, 0.3) is 5.22 Å². The van der Waals surface area contributed by atoms with E-state index in [1.165, 1.54) is 25.8 Å². The highest BCUT2D eigenvalue weighted by Crippen LogP contribution is 2.25. The summed E-state index contributed by atoms with van der Waals surface area (Å²) in [7, 11) is -0.637. The lowest BCUT2D eigenvalue weighted by Gasteiger charge is -2.32. The van der Waals surface area contributed by atoms with Gasteiger partial charge in [-0.05, 0) is 45.2 Å². The van der Waals surface area contributed by atoms with E-state index in [9.17, 15) is 8.42 Å². The molecule has 0 amide bonds. The summed E-state index contributed by atoms with van der Waals surface area (Å²) in [5.41, 5.74) is 0. The standard InChI is InChI=1S/C15H25N3O3S2/c1-18-7-3-2-4-13(18)5-8-22-15-17-16-14(21-15)10-12-6-9-23(19,20)11-12/h12-13H,2-11H2,1H3/t12-,13-/m0/s1. The zero-order valence-electron chi connectivity index (χ0n) is 13.6. The summed E-state index contributed by atoms with van der Waals surface area (Å²) < 4.78 is 28.6. The molecule has 0 unspecified atom stereocenters. The fraction of sp³-hybridized carbons (Fsp3) is 0.867. The first-order chi connectivity index (χ1) is 11.0. The van der Waals surface area contributed by atoms with Crippen molar-refractivity contribution < 1.29 is 12.8 Å².